The summed E-state index contributed by atoms with van der Waals surface area (Å²) in [6.45, 7) is 1.33. The van der Waals surface area contributed by atoms with Crippen LogP contribution in [0.2, 0.25) is 0 Å². The lowest BCUT2D eigenvalue weighted by Crippen LogP contribution is -2.40. The number of hydrogen-bond donors (Lipinski definition) is 1. The lowest BCUT2D eigenvalue weighted by Gasteiger charge is -2.17. The largest absolute Gasteiger partial charge is 0.452 e. The molecule has 1 fully saturated rings. The Hall–Kier alpha value is -2.81. The number of carbonyl (C=O) groups is 3. The second kappa shape index (κ2) is 9.60. The average molecular weight is 417 g/mol. The van der Waals surface area contributed by atoms with E-state index in [2.05, 4.69) is 10.5 Å². The molecule has 0 unspecified atom stereocenters. The molecule has 1 aromatic heterocycles. The summed E-state index contributed by atoms with van der Waals surface area (Å²) < 4.78 is 10.2. The van der Waals surface area contributed by atoms with Crippen molar-refractivity contribution >= 4 is 29.5 Å². The maximum Gasteiger partial charge on any atom is 0.339 e. The van der Waals surface area contributed by atoms with Gasteiger partial charge in [0, 0.05) is 29.8 Å². The van der Waals surface area contributed by atoms with E-state index in [1.54, 1.807) is 12.1 Å². The van der Waals surface area contributed by atoms with Crippen molar-refractivity contribution in [1.82, 2.24) is 15.4 Å². The molecular weight excluding hydrogens is 394 g/mol. The van der Waals surface area contributed by atoms with Crippen molar-refractivity contribution < 1.29 is 23.6 Å². The fraction of sp³-hybridized carbons (Fsp3) is 0.400. The summed E-state index contributed by atoms with van der Waals surface area (Å²) in [5, 5.41) is 6.75. The highest BCUT2D eigenvalue weighted by Crippen LogP contribution is 2.26. The summed E-state index contributed by atoms with van der Waals surface area (Å²) in [4.78, 5) is 38.4. The molecule has 1 N–H and O–H groups in total. The number of aromatic nitrogens is 1. The SMILES string of the molecule is Cc1cc(CSc2ccccc2C(=O)OCC(=O)N(C)CC(=O)NC2CC2)no1. The predicted molar refractivity (Wildman–Crippen MR) is 106 cm³/mol. The van der Waals surface area contributed by atoms with Gasteiger partial charge >= 0.3 is 5.97 Å². The van der Waals surface area contributed by atoms with E-state index in [1.807, 2.05) is 25.1 Å². The topological polar surface area (TPSA) is 102 Å². The van der Waals surface area contributed by atoms with Crippen molar-refractivity contribution in [1.29, 1.82) is 0 Å². The number of carbonyl (C=O) groups excluding carboxylic acids is 3. The Morgan fingerprint density at radius 3 is 2.76 bits per heavy atom. The molecule has 2 aromatic rings. The van der Waals surface area contributed by atoms with E-state index in [4.69, 9.17) is 9.26 Å². The van der Waals surface area contributed by atoms with Gasteiger partial charge in [0.05, 0.1) is 17.8 Å². The van der Waals surface area contributed by atoms with Crippen molar-refractivity contribution in [2.45, 2.75) is 36.5 Å². The molecule has 8 nitrogen and oxygen atoms in total. The van der Waals surface area contributed by atoms with E-state index < -0.39 is 18.5 Å². The molecule has 0 radical (unpaired) electrons. The zero-order chi connectivity index (χ0) is 20.8. The van der Waals surface area contributed by atoms with Crippen LogP contribution in [-0.4, -0.2) is 54.1 Å². The summed E-state index contributed by atoms with van der Waals surface area (Å²) in [5.74, 6) is 0.0294. The van der Waals surface area contributed by atoms with Crippen LogP contribution in [0.15, 0.2) is 39.8 Å². The predicted octanol–water partition coefficient (Wildman–Crippen LogP) is 2.17. The molecule has 1 aliphatic rings. The minimum absolute atomic E-state index is 0.0591. The molecule has 0 atom stereocenters. The van der Waals surface area contributed by atoms with Gasteiger partial charge in [-0.3, -0.25) is 9.59 Å². The Bertz CT molecular complexity index is 894. The number of aryl methyl sites for hydroxylation is 1. The molecule has 9 heteroatoms. The minimum Gasteiger partial charge on any atom is -0.452 e. The van der Waals surface area contributed by atoms with E-state index >= 15 is 0 Å². The van der Waals surface area contributed by atoms with Gasteiger partial charge in [-0.05, 0) is 31.9 Å². The number of nitrogens with one attached hydrogen (secondary N) is 1. The van der Waals surface area contributed by atoms with Crippen molar-refractivity contribution in [3.05, 3.63) is 47.3 Å². The maximum atomic E-state index is 12.5. The van der Waals surface area contributed by atoms with Crippen molar-refractivity contribution in [3.63, 3.8) is 0 Å². The van der Waals surface area contributed by atoms with Crippen molar-refractivity contribution in [2.75, 3.05) is 20.2 Å². The van der Waals surface area contributed by atoms with Gasteiger partial charge in [0.15, 0.2) is 6.61 Å². The molecule has 29 heavy (non-hydrogen) atoms. The highest BCUT2D eigenvalue weighted by atomic mass is 32.2. The Morgan fingerprint density at radius 1 is 1.31 bits per heavy atom. The number of benzene rings is 1. The molecule has 0 spiro atoms. The summed E-state index contributed by atoms with van der Waals surface area (Å²) in [5.41, 5.74) is 1.15. The zero-order valence-corrected chi connectivity index (χ0v) is 17.2. The monoisotopic (exact) mass is 417 g/mol. The Balaban J connectivity index is 1.50. The van der Waals surface area contributed by atoms with E-state index in [0.717, 1.165) is 29.2 Å². The van der Waals surface area contributed by atoms with Crippen LogP contribution in [0.5, 0.6) is 0 Å². The first kappa shape index (κ1) is 20.9. The fourth-order valence-electron chi connectivity index (χ4n) is 2.52. The molecule has 1 aliphatic carbocycles. The van der Waals surface area contributed by atoms with Gasteiger partial charge < -0.3 is 19.5 Å². The normalized spacial score (nSPS) is 13.0. The zero-order valence-electron chi connectivity index (χ0n) is 16.3. The first-order chi connectivity index (χ1) is 13.9. The van der Waals surface area contributed by atoms with Gasteiger partial charge in [-0.25, -0.2) is 4.79 Å². The molecule has 3 rings (SSSR count). The summed E-state index contributed by atoms with van der Waals surface area (Å²) in [6, 6.07) is 9.09. The fourth-order valence-corrected chi connectivity index (χ4v) is 3.44. The number of amides is 2. The number of nitrogens with zero attached hydrogens (tertiary/aromatic N) is 2. The van der Waals surface area contributed by atoms with Crippen LogP contribution >= 0.6 is 11.8 Å². The Kier molecular flexibility index (Phi) is 6.92. The Morgan fingerprint density at radius 2 is 2.07 bits per heavy atom. The lowest BCUT2D eigenvalue weighted by atomic mass is 10.2. The van der Waals surface area contributed by atoms with Crippen LogP contribution in [0.4, 0.5) is 0 Å². The highest BCUT2D eigenvalue weighted by molar-refractivity contribution is 7.98. The highest BCUT2D eigenvalue weighted by Gasteiger charge is 2.24. The number of thioether (sulfide) groups is 1. The molecule has 1 heterocycles. The van der Waals surface area contributed by atoms with E-state index in [9.17, 15) is 14.4 Å². The molecule has 1 aromatic carbocycles. The second-order valence-corrected chi connectivity index (χ2v) is 7.90. The molecule has 0 aliphatic heterocycles. The molecule has 154 valence electrons. The first-order valence-electron chi connectivity index (χ1n) is 9.27. The third-order valence-electron chi connectivity index (χ3n) is 4.24. The smallest absolute Gasteiger partial charge is 0.339 e. The summed E-state index contributed by atoms with van der Waals surface area (Å²) in [7, 11) is 1.51. The third kappa shape index (κ3) is 6.35. The summed E-state index contributed by atoms with van der Waals surface area (Å²) >= 11 is 1.43. The van der Waals surface area contributed by atoms with Gasteiger partial charge in [0.1, 0.15) is 5.76 Å². The maximum absolute atomic E-state index is 12.5. The van der Waals surface area contributed by atoms with Crippen LogP contribution in [0.25, 0.3) is 0 Å². The van der Waals surface area contributed by atoms with Gasteiger partial charge in [-0.15, -0.1) is 11.8 Å². The minimum atomic E-state index is -0.589. The van der Waals surface area contributed by atoms with Crippen LogP contribution in [0.3, 0.4) is 0 Å². The van der Waals surface area contributed by atoms with Crippen molar-refractivity contribution in [3.8, 4) is 0 Å². The number of esters is 1. The van der Waals surface area contributed by atoms with E-state index in [-0.39, 0.29) is 18.5 Å². The molecule has 0 saturated heterocycles. The van der Waals surface area contributed by atoms with Crippen LogP contribution in [0, 0.1) is 6.92 Å². The number of ether oxygens (including phenoxy) is 1. The van der Waals surface area contributed by atoms with Crippen LogP contribution in [-0.2, 0) is 20.1 Å². The number of rotatable bonds is 9. The lowest BCUT2D eigenvalue weighted by molar-refractivity contribution is -0.137. The molecule has 2 amide bonds. The van der Waals surface area contributed by atoms with Gasteiger partial charge in [-0.1, -0.05) is 17.3 Å². The quantitative estimate of drug-likeness (QED) is 0.493. The van der Waals surface area contributed by atoms with Crippen LogP contribution < -0.4 is 5.32 Å². The number of hydrogen-bond acceptors (Lipinski definition) is 7. The first-order valence-corrected chi connectivity index (χ1v) is 10.3. The summed E-state index contributed by atoms with van der Waals surface area (Å²) in [6.07, 6.45) is 1.96. The molecule has 0 bridgehead atoms. The van der Waals surface area contributed by atoms with Gasteiger partial charge in [0.25, 0.3) is 5.91 Å². The van der Waals surface area contributed by atoms with E-state index in [1.165, 1.54) is 23.7 Å². The molecular formula is C20H23N3O5S. The van der Waals surface area contributed by atoms with Gasteiger partial charge in [0.2, 0.25) is 5.91 Å². The van der Waals surface area contributed by atoms with Crippen LogP contribution in [0.1, 0.15) is 34.7 Å². The standard InChI is InChI=1S/C20H23N3O5S/c1-13-9-15(22-28-13)12-29-17-6-4-3-5-16(17)20(26)27-11-19(25)23(2)10-18(24)21-14-7-8-14/h3-6,9,14H,7-8,10-12H2,1-2H3,(H,21,24). The average Bonchev–Trinajstić information content (AvgIpc) is 3.42. The Labute approximate surface area is 172 Å². The van der Waals surface area contributed by atoms with E-state index in [0.29, 0.717) is 11.3 Å². The third-order valence-corrected chi connectivity index (χ3v) is 5.34. The van der Waals surface area contributed by atoms with Gasteiger partial charge in [-0.2, -0.15) is 0 Å². The molecule has 1 saturated carbocycles. The number of likely N-dealkylation sites (N-methyl/N-ethyl adjacent to an activating group) is 1. The van der Waals surface area contributed by atoms with Crippen molar-refractivity contribution in [2.24, 2.45) is 0 Å². The second-order valence-electron chi connectivity index (χ2n) is 6.88.